The van der Waals surface area contributed by atoms with Gasteiger partial charge in [-0.2, -0.15) is 11.8 Å². The molecule has 1 N–H and O–H groups in total. The molecule has 0 aliphatic heterocycles. The molecule has 0 aliphatic carbocycles. The van der Waals surface area contributed by atoms with E-state index in [0.29, 0.717) is 6.04 Å². The number of thioether (sulfide) groups is 1. The quantitative estimate of drug-likeness (QED) is 0.840. The lowest BCUT2D eigenvalue weighted by molar-refractivity contribution is 0.410. The Morgan fingerprint density at radius 2 is 2.00 bits per heavy atom. The van der Waals surface area contributed by atoms with E-state index in [9.17, 15) is 0 Å². The molecule has 1 atom stereocenters. The van der Waals surface area contributed by atoms with Crippen LogP contribution in [-0.2, 0) is 0 Å². The molecule has 1 aromatic rings. The third-order valence-electron chi connectivity index (χ3n) is 3.33. The zero-order valence-electron chi connectivity index (χ0n) is 11.5. The molecule has 0 spiro atoms. The van der Waals surface area contributed by atoms with Crippen LogP contribution in [-0.4, -0.2) is 26.2 Å². The smallest absolute Gasteiger partial charge is 0.122 e. The van der Waals surface area contributed by atoms with Gasteiger partial charge in [-0.25, -0.2) is 0 Å². The highest BCUT2D eigenvalue weighted by Gasteiger charge is 2.14. The van der Waals surface area contributed by atoms with Gasteiger partial charge in [0.25, 0.3) is 0 Å². The standard InChI is InChI=1S/C14H23NOS/c1-10-11(2)14(16-4)7-6-12(10)13(15-3)8-9-17-5/h6-7,13,15H,8-9H2,1-5H3. The molecule has 3 heteroatoms. The summed E-state index contributed by atoms with van der Waals surface area (Å²) in [6.45, 7) is 4.30. The Hall–Kier alpha value is -0.670. The van der Waals surface area contributed by atoms with Gasteiger partial charge >= 0.3 is 0 Å². The minimum Gasteiger partial charge on any atom is -0.496 e. The van der Waals surface area contributed by atoms with E-state index < -0.39 is 0 Å². The lowest BCUT2D eigenvalue weighted by atomic mass is 9.95. The molecule has 2 nitrogen and oxygen atoms in total. The zero-order valence-corrected chi connectivity index (χ0v) is 12.3. The zero-order chi connectivity index (χ0) is 12.8. The van der Waals surface area contributed by atoms with Crippen LogP contribution in [0.25, 0.3) is 0 Å². The molecule has 0 bridgehead atoms. The Balaban J connectivity index is 3.00. The molecule has 0 amide bonds. The number of hydrogen-bond donors (Lipinski definition) is 1. The van der Waals surface area contributed by atoms with Gasteiger partial charge in [0.2, 0.25) is 0 Å². The summed E-state index contributed by atoms with van der Waals surface area (Å²) in [5, 5.41) is 3.40. The van der Waals surface area contributed by atoms with E-state index in [0.717, 1.165) is 12.2 Å². The molecule has 0 aromatic heterocycles. The Morgan fingerprint density at radius 3 is 2.53 bits per heavy atom. The van der Waals surface area contributed by atoms with E-state index in [-0.39, 0.29) is 0 Å². The van der Waals surface area contributed by atoms with Crippen molar-refractivity contribution in [3.05, 3.63) is 28.8 Å². The number of benzene rings is 1. The molecule has 1 unspecified atom stereocenters. The third kappa shape index (κ3) is 3.39. The first-order valence-corrected chi connectivity index (χ1v) is 7.35. The highest BCUT2D eigenvalue weighted by Crippen LogP contribution is 2.29. The topological polar surface area (TPSA) is 21.3 Å². The first kappa shape index (κ1) is 14.4. The Morgan fingerprint density at radius 1 is 1.29 bits per heavy atom. The fourth-order valence-corrected chi connectivity index (χ4v) is 2.58. The van der Waals surface area contributed by atoms with Crippen molar-refractivity contribution in [1.82, 2.24) is 5.32 Å². The predicted octanol–water partition coefficient (Wildman–Crippen LogP) is 3.33. The number of rotatable bonds is 6. The predicted molar refractivity (Wildman–Crippen MR) is 77.3 cm³/mol. The summed E-state index contributed by atoms with van der Waals surface area (Å²) in [6, 6.07) is 4.69. The maximum Gasteiger partial charge on any atom is 0.122 e. The maximum absolute atomic E-state index is 5.35. The fourth-order valence-electron chi connectivity index (χ4n) is 2.11. The fraction of sp³-hybridized carbons (Fsp3) is 0.571. The summed E-state index contributed by atoms with van der Waals surface area (Å²) in [7, 11) is 3.76. The van der Waals surface area contributed by atoms with Crippen molar-refractivity contribution >= 4 is 11.8 Å². The molecule has 17 heavy (non-hydrogen) atoms. The molecule has 1 rings (SSSR count). The van der Waals surface area contributed by atoms with Crippen molar-refractivity contribution in [3.8, 4) is 5.75 Å². The molecular weight excluding hydrogens is 230 g/mol. The second-order valence-electron chi connectivity index (χ2n) is 4.23. The van der Waals surface area contributed by atoms with Gasteiger partial charge in [-0.05, 0) is 62.1 Å². The molecule has 0 aliphatic rings. The molecule has 0 radical (unpaired) electrons. The number of nitrogens with one attached hydrogen (secondary N) is 1. The van der Waals surface area contributed by atoms with Gasteiger partial charge in [-0.15, -0.1) is 0 Å². The summed E-state index contributed by atoms with van der Waals surface area (Å²) in [5.74, 6) is 2.15. The van der Waals surface area contributed by atoms with Crippen LogP contribution < -0.4 is 10.1 Å². The largest absolute Gasteiger partial charge is 0.496 e. The van der Waals surface area contributed by atoms with Gasteiger partial charge in [0.15, 0.2) is 0 Å². The molecular formula is C14H23NOS. The van der Waals surface area contributed by atoms with Gasteiger partial charge in [0.1, 0.15) is 5.75 Å². The number of hydrogen-bond acceptors (Lipinski definition) is 3. The normalized spacial score (nSPS) is 12.5. The molecule has 1 aromatic carbocycles. The summed E-state index contributed by atoms with van der Waals surface area (Å²) in [5.41, 5.74) is 3.97. The van der Waals surface area contributed by atoms with E-state index in [1.54, 1.807) is 7.11 Å². The molecule has 0 heterocycles. The highest BCUT2D eigenvalue weighted by atomic mass is 32.2. The van der Waals surface area contributed by atoms with Crippen LogP contribution in [0.5, 0.6) is 5.75 Å². The first-order chi connectivity index (χ1) is 8.15. The van der Waals surface area contributed by atoms with E-state index >= 15 is 0 Å². The van der Waals surface area contributed by atoms with Crippen molar-refractivity contribution in [3.63, 3.8) is 0 Å². The van der Waals surface area contributed by atoms with Gasteiger partial charge in [-0.3, -0.25) is 0 Å². The van der Waals surface area contributed by atoms with Gasteiger partial charge < -0.3 is 10.1 Å². The van der Waals surface area contributed by atoms with Crippen molar-refractivity contribution in [2.45, 2.75) is 26.3 Å². The minimum absolute atomic E-state index is 0.437. The number of methoxy groups -OCH3 is 1. The van der Waals surface area contributed by atoms with E-state index in [4.69, 9.17) is 4.74 Å². The lowest BCUT2D eigenvalue weighted by Crippen LogP contribution is -2.18. The van der Waals surface area contributed by atoms with Crippen LogP contribution >= 0.6 is 11.8 Å². The summed E-state index contributed by atoms with van der Waals surface area (Å²) in [6.07, 6.45) is 3.31. The Labute approximate surface area is 109 Å². The van der Waals surface area contributed by atoms with Gasteiger partial charge in [0, 0.05) is 6.04 Å². The number of ether oxygens (including phenoxy) is 1. The Kier molecular flexibility index (Phi) is 5.86. The van der Waals surface area contributed by atoms with Crippen LogP contribution in [0.2, 0.25) is 0 Å². The average Bonchev–Trinajstić information content (AvgIpc) is 2.35. The highest BCUT2D eigenvalue weighted by molar-refractivity contribution is 7.98. The second kappa shape index (κ2) is 6.92. The first-order valence-electron chi connectivity index (χ1n) is 5.96. The van der Waals surface area contributed by atoms with Crippen LogP contribution in [0.4, 0.5) is 0 Å². The lowest BCUT2D eigenvalue weighted by Gasteiger charge is -2.21. The summed E-state index contributed by atoms with van der Waals surface area (Å²) < 4.78 is 5.35. The average molecular weight is 253 g/mol. The summed E-state index contributed by atoms with van der Waals surface area (Å²) in [4.78, 5) is 0. The van der Waals surface area contributed by atoms with Crippen LogP contribution in [0.1, 0.15) is 29.2 Å². The Bertz CT molecular complexity index is 365. The van der Waals surface area contributed by atoms with Crippen molar-refractivity contribution in [2.24, 2.45) is 0 Å². The molecule has 0 fully saturated rings. The summed E-state index contributed by atoms with van der Waals surface area (Å²) >= 11 is 1.89. The second-order valence-corrected chi connectivity index (χ2v) is 5.22. The van der Waals surface area contributed by atoms with E-state index in [1.165, 1.54) is 22.4 Å². The van der Waals surface area contributed by atoms with Crippen molar-refractivity contribution < 1.29 is 4.74 Å². The van der Waals surface area contributed by atoms with Crippen LogP contribution in [0, 0.1) is 13.8 Å². The molecule has 96 valence electrons. The van der Waals surface area contributed by atoms with Gasteiger partial charge in [0.05, 0.1) is 7.11 Å². The molecule has 0 saturated heterocycles. The van der Waals surface area contributed by atoms with Crippen molar-refractivity contribution in [2.75, 3.05) is 26.2 Å². The monoisotopic (exact) mass is 253 g/mol. The third-order valence-corrected chi connectivity index (χ3v) is 3.98. The van der Waals surface area contributed by atoms with E-state index in [1.807, 2.05) is 18.8 Å². The minimum atomic E-state index is 0.437. The molecule has 0 saturated carbocycles. The van der Waals surface area contributed by atoms with Crippen molar-refractivity contribution in [1.29, 1.82) is 0 Å². The SMILES string of the molecule is CNC(CCSC)c1ccc(OC)c(C)c1C. The van der Waals surface area contributed by atoms with Gasteiger partial charge in [-0.1, -0.05) is 6.07 Å². The van der Waals surface area contributed by atoms with E-state index in [2.05, 4.69) is 37.6 Å². The maximum atomic E-state index is 5.35. The van der Waals surface area contributed by atoms with Crippen LogP contribution in [0.3, 0.4) is 0 Å². The van der Waals surface area contributed by atoms with Crippen LogP contribution in [0.15, 0.2) is 12.1 Å².